The number of sulfonamides is 1. The van der Waals surface area contributed by atoms with Crippen molar-refractivity contribution in [1.82, 2.24) is 24.3 Å². The van der Waals surface area contributed by atoms with Crippen LogP contribution < -0.4 is 10.2 Å². The summed E-state index contributed by atoms with van der Waals surface area (Å²) >= 11 is 0. The fraction of sp³-hybridized carbons (Fsp3) is 0.625. The van der Waals surface area contributed by atoms with E-state index in [1.54, 1.807) is 27.8 Å². The van der Waals surface area contributed by atoms with Crippen LogP contribution in [0.5, 0.6) is 0 Å². The predicted octanol–water partition coefficient (Wildman–Crippen LogP) is 3.06. The van der Waals surface area contributed by atoms with Crippen molar-refractivity contribution in [2.75, 3.05) is 37.6 Å². The second kappa shape index (κ2) is 13.4. The first-order chi connectivity index (χ1) is 21.0. The number of nitrogens with zero attached hydrogens (tertiary/aromatic N) is 5. The Morgan fingerprint density at radius 1 is 1.07 bits per heavy atom. The zero-order chi connectivity index (χ0) is 31.6. The molecule has 240 valence electrons. The van der Waals surface area contributed by atoms with Crippen molar-refractivity contribution < 1.29 is 22.8 Å². The van der Waals surface area contributed by atoms with Gasteiger partial charge in [-0.2, -0.15) is 9.40 Å². The van der Waals surface area contributed by atoms with Crippen LogP contribution in [0.25, 0.3) is 0 Å². The first-order valence-electron chi connectivity index (χ1n) is 16.0. The monoisotopic (exact) mass is 626 g/mol. The van der Waals surface area contributed by atoms with Crippen LogP contribution in [0.4, 0.5) is 5.69 Å². The maximum Gasteiger partial charge on any atom is 0.272 e. The summed E-state index contributed by atoms with van der Waals surface area (Å²) in [6, 6.07) is 4.97. The Morgan fingerprint density at radius 2 is 1.82 bits per heavy atom. The molecule has 0 saturated carbocycles. The zero-order valence-electron chi connectivity index (χ0n) is 26.5. The summed E-state index contributed by atoms with van der Waals surface area (Å²) in [5, 5.41) is 7.51. The van der Waals surface area contributed by atoms with E-state index in [4.69, 9.17) is 0 Å². The minimum absolute atomic E-state index is 0.0271. The highest BCUT2D eigenvalue weighted by molar-refractivity contribution is 7.89. The summed E-state index contributed by atoms with van der Waals surface area (Å²) in [4.78, 5) is 43.0. The van der Waals surface area contributed by atoms with Gasteiger partial charge in [0.15, 0.2) is 5.69 Å². The second-order valence-corrected chi connectivity index (χ2v) is 14.7. The number of hydrogen-bond donors (Lipinski definition) is 1. The van der Waals surface area contributed by atoms with E-state index in [1.165, 1.54) is 11.2 Å². The lowest BCUT2D eigenvalue weighted by atomic mass is 9.89. The molecule has 3 amide bonds. The van der Waals surface area contributed by atoms with Gasteiger partial charge in [-0.3, -0.25) is 19.1 Å². The van der Waals surface area contributed by atoms with E-state index >= 15 is 0 Å². The topological polar surface area (TPSA) is 125 Å². The van der Waals surface area contributed by atoms with Crippen LogP contribution in [0.1, 0.15) is 86.6 Å². The molecule has 44 heavy (non-hydrogen) atoms. The number of fused-ring (bicyclic) bond motifs is 2. The molecule has 1 aliphatic carbocycles. The molecule has 2 aliphatic heterocycles. The van der Waals surface area contributed by atoms with E-state index in [0.29, 0.717) is 56.9 Å². The molecule has 1 atom stereocenters. The molecule has 1 N–H and O–H groups in total. The number of nitrogens with one attached hydrogen (secondary N) is 1. The number of carbonyl (C=O) groups is 3. The summed E-state index contributed by atoms with van der Waals surface area (Å²) in [6.07, 6.45) is 5.56. The number of anilines is 1. The summed E-state index contributed by atoms with van der Waals surface area (Å²) in [5.41, 5.74) is 3.96. The lowest BCUT2D eigenvalue weighted by molar-refractivity contribution is -0.134. The fourth-order valence-corrected chi connectivity index (χ4v) is 8.35. The van der Waals surface area contributed by atoms with E-state index < -0.39 is 10.0 Å². The van der Waals surface area contributed by atoms with Crippen LogP contribution in [0.2, 0.25) is 0 Å². The van der Waals surface area contributed by atoms with Crippen molar-refractivity contribution in [3.63, 3.8) is 0 Å². The highest BCUT2D eigenvalue weighted by Crippen LogP contribution is 2.31. The number of hydrogen-bond acceptors (Lipinski definition) is 6. The van der Waals surface area contributed by atoms with Crippen LogP contribution in [0.15, 0.2) is 23.1 Å². The summed E-state index contributed by atoms with van der Waals surface area (Å²) in [5.74, 6) is 0.127. The maximum absolute atomic E-state index is 14.0. The molecule has 3 heterocycles. The normalized spacial score (nSPS) is 20.6. The van der Waals surface area contributed by atoms with E-state index in [9.17, 15) is 22.8 Å². The van der Waals surface area contributed by atoms with Gasteiger partial charge in [-0.15, -0.1) is 0 Å². The molecule has 2 bridgehead atoms. The smallest absolute Gasteiger partial charge is 0.272 e. The zero-order valence-corrected chi connectivity index (χ0v) is 27.3. The number of rotatable bonds is 5. The van der Waals surface area contributed by atoms with E-state index in [-0.39, 0.29) is 48.2 Å². The molecule has 1 aromatic heterocycles. The molecule has 0 radical (unpaired) electrons. The van der Waals surface area contributed by atoms with Crippen LogP contribution in [-0.4, -0.2) is 83.9 Å². The van der Waals surface area contributed by atoms with E-state index in [2.05, 4.69) is 24.3 Å². The molecule has 3 aliphatic rings. The van der Waals surface area contributed by atoms with Crippen LogP contribution in [0, 0.1) is 5.92 Å². The number of carbonyl (C=O) groups excluding carboxylic acids is 3. The quantitative estimate of drug-likeness (QED) is 0.544. The van der Waals surface area contributed by atoms with Crippen LogP contribution in [0.3, 0.4) is 0 Å². The number of aryl methyl sites for hydroxylation is 2. The highest BCUT2D eigenvalue weighted by Gasteiger charge is 2.34. The van der Waals surface area contributed by atoms with Crippen LogP contribution in [-0.2, 0) is 45.9 Å². The van der Waals surface area contributed by atoms with Gasteiger partial charge in [0.05, 0.1) is 4.90 Å². The van der Waals surface area contributed by atoms with E-state index in [0.717, 1.165) is 48.2 Å². The van der Waals surface area contributed by atoms with Gasteiger partial charge >= 0.3 is 0 Å². The molecule has 2 aromatic rings. The molecule has 0 saturated heterocycles. The van der Waals surface area contributed by atoms with E-state index in [1.807, 2.05) is 11.9 Å². The van der Waals surface area contributed by atoms with Gasteiger partial charge in [0, 0.05) is 76.1 Å². The summed E-state index contributed by atoms with van der Waals surface area (Å²) in [7, 11) is -2.03. The SMILES string of the molecule is CC(=O)N1CCCc2cc(S(=O)(=O)N3CCCNC(=O)c4nn(C)c5c4CC(CC5)N(CCC(C)C)C(=O)CCC3)ccc21. The third-order valence-electron chi connectivity index (χ3n) is 9.21. The minimum atomic E-state index is -3.89. The fourth-order valence-electron chi connectivity index (χ4n) is 6.78. The van der Waals surface area contributed by atoms with Crippen molar-refractivity contribution in [3.8, 4) is 0 Å². The van der Waals surface area contributed by atoms with Crippen LogP contribution >= 0.6 is 0 Å². The summed E-state index contributed by atoms with van der Waals surface area (Å²) in [6.45, 7) is 7.76. The molecule has 11 nitrogen and oxygen atoms in total. The highest BCUT2D eigenvalue weighted by atomic mass is 32.2. The average molecular weight is 627 g/mol. The standard InChI is InChI=1S/C32H46N6O5S/c1-22(2)14-19-38-25-10-12-29-27(21-25)31(34-35(29)4)32(41)33-15-7-17-36(16-6-9-30(38)40)44(42,43)26-11-13-28-24(20-26)8-5-18-37(28)23(3)39/h11,13,20,22,25H,5-10,12,14-19,21H2,1-4H3,(H,33,41). The Labute approximate surface area is 261 Å². The molecule has 12 heteroatoms. The van der Waals surface area contributed by atoms with Crippen molar-refractivity contribution in [2.24, 2.45) is 13.0 Å². The Balaban J connectivity index is 1.41. The molecule has 1 unspecified atom stereocenters. The van der Waals surface area contributed by atoms with Gasteiger partial charge in [0.2, 0.25) is 21.8 Å². The Kier molecular flexibility index (Phi) is 9.79. The molecular weight excluding hydrogens is 580 g/mol. The lowest BCUT2D eigenvalue weighted by Crippen LogP contribution is -2.45. The summed E-state index contributed by atoms with van der Waals surface area (Å²) < 4.78 is 31.2. The van der Waals surface area contributed by atoms with Gasteiger partial charge in [-0.25, -0.2) is 8.42 Å². The van der Waals surface area contributed by atoms with Gasteiger partial charge < -0.3 is 15.1 Å². The minimum Gasteiger partial charge on any atom is -0.351 e. The Hall–Kier alpha value is -3.25. The average Bonchev–Trinajstić information content (AvgIpc) is 3.32. The first kappa shape index (κ1) is 32.2. The Morgan fingerprint density at radius 3 is 2.57 bits per heavy atom. The largest absolute Gasteiger partial charge is 0.351 e. The number of amides is 3. The third-order valence-corrected chi connectivity index (χ3v) is 11.1. The van der Waals surface area contributed by atoms with Gasteiger partial charge in [-0.05, 0) is 81.0 Å². The van der Waals surface area contributed by atoms with Crippen molar-refractivity contribution in [3.05, 3.63) is 40.7 Å². The number of benzene rings is 1. The number of aromatic nitrogens is 2. The second-order valence-electron chi connectivity index (χ2n) is 12.7. The maximum atomic E-state index is 14.0. The van der Waals surface area contributed by atoms with Gasteiger partial charge in [0.1, 0.15) is 0 Å². The lowest BCUT2D eigenvalue weighted by Gasteiger charge is -2.35. The van der Waals surface area contributed by atoms with Gasteiger partial charge in [-0.1, -0.05) is 13.8 Å². The molecular formula is C32H46N6O5S. The molecule has 0 spiro atoms. The van der Waals surface area contributed by atoms with Gasteiger partial charge in [0.25, 0.3) is 5.91 Å². The third kappa shape index (κ3) is 6.71. The van der Waals surface area contributed by atoms with Crippen molar-refractivity contribution in [1.29, 1.82) is 0 Å². The van der Waals surface area contributed by atoms with Crippen molar-refractivity contribution >= 4 is 33.4 Å². The molecule has 5 rings (SSSR count). The predicted molar refractivity (Wildman–Crippen MR) is 168 cm³/mol. The molecule has 1 aromatic carbocycles. The Bertz CT molecular complexity index is 1520. The first-order valence-corrected chi connectivity index (χ1v) is 17.4. The molecule has 0 fully saturated rings. The van der Waals surface area contributed by atoms with Crippen molar-refractivity contribution in [2.45, 2.75) is 89.5 Å².